The van der Waals surface area contributed by atoms with E-state index in [2.05, 4.69) is 34.5 Å². The van der Waals surface area contributed by atoms with Gasteiger partial charge in [0, 0.05) is 32.2 Å². The molecular weight excluding hydrogens is 381 g/mol. The Labute approximate surface area is 176 Å². The highest BCUT2D eigenvalue weighted by atomic mass is 19.1. The molecule has 1 atom stereocenters. The number of halogens is 1. The predicted octanol–water partition coefficient (Wildman–Crippen LogP) is 2.99. The van der Waals surface area contributed by atoms with Crippen LogP contribution in [0.4, 0.5) is 4.39 Å². The van der Waals surface area contributed by atoms with Crippen LogP contribution in [0.1, 0.15) is 41.3 Å². The molecule has 1 fully saturated rings. The first-order valence-electron chi connectivity index (χ1n) is 10.7. The number of carbonyl (C=O) groups excluding carboxylic acids is 2. The molecule has 0 aliphatic carbocycles. The molecule has 0 saturated carbocycles. The van der Waals surface area contributed by atoms with Crippen LogP contribution in [-0.2, 0) is 17.8 Å². The first-order chi connectivity index (χ1) is 14.5. The van der Waals surface area contributed by atoms with Gasteiger partial charge in [-0.15, -0.1) is 0 Å². The summed E-state index contributed by atoms with van der Waals surface area (Å²) in [6.45, 7) is 4.89. The van der Waals surface area contributed by atoms with Crippen LogP contribution < -0.4 is 5.32 Å². The Hall–Kier alpha value is -2.73. The maximum absolute atomic E-state index is 13.8. The van der Waals surface area contributed by atoms with Crippen molar-refractivity contribution in [3.8, 4) is 0 Å². The fourth-order valence-electron chi connectivity index (χ4n) is 4.42. The molecule has 1 unspecified atom stereocenters. The van der Waals surface area contributed by atoms with E-state index in [1.165, 1.54) is 23.3 Å². The maximum atomic E-state index is 13.8. The van der Waals surface area contributed by atoms with Gasteiger partial charge >= 0.3 is 0 Å². The van der Waals surface area contributed by atoms with E-state index in [1.54, 1.807) is 12.1 Å². The van der Waals surface area contributed by atoms with Crippen LogP contribution in [0.3, 0.4) is 0 Å². The second-order valence-corrected chi connectivity index (χ2v) is 8.22. The van der Waals surface area contributed by atoms with E-state index in [9.17, 15) is 14.0 Å². The summed E-state index contributed by atoms with van der Waals surface area (Å²) in [5.74, 6) is -0.758. The lowest BCUT2D eigenvalue weighted by Gasteiger charge is -2.38. The number of carbonyl (C=O) groups is 2. The Kier molecular flexibility index (Phi) is 6.13. The Balaban J connectivity index is 1.29. The van der Waals surface area contributed by atoms with E-state index in [0.717, 1.165) is 19.5 Å². The number of amides is 2. The molecule has 6 heteroatoms. The van der Waals surface area contributed by atoms with Crippen LogP contribution in [0.5, 0.6) is 0 Å². The van der Waals surface area contributed by atoms with E-state index in [0.29, 0.717) is 25.9 Å². The summed E-state index contributed by atoms with van der Waals surface area (Å²) in [7, 11) is 0. The second-order valence-electron chi connectivity index (χ2n) is 8.22. The molecule has 30 heavy (non-hydrogen) atoms. The van der Waals surface area contributed by atoms with E-state index < -0.39 is 11.7 Å². The summed E-state index contributed by atoms with van der Waals surface area (Å²) in [6.07, 6.45) is 2.33. The van der Waals surface area contributed by atoms with Gasteiger partial charge in [0.15, 0.2) is 0 Å². The number of benzene rings is 2. The summed E-state index contributed by atoms with van der Waals surface area (Å²) in [6, 6.07) is 14.2. The minimum atomic E-state index is -0.514. The fraction of sp³-hybridized carbons (Fsp3) is 0.417. The number of hydrogen-bond acceptors (Lipinski definition) is 3. The van der Waals surface area contributed by atoms with Gasteiger partial charge in [0.25, 0.3) is 5.91 Å². The molecule has 0 aromatic heterocycles. The van der Waals surface area contributed by atoms with Crippen molar-refractivity contribution in [2.75, 3.05) is 19.6 Å². The Bertz CT molecular complexity index is 924. The van der Waals surface area contributed by atoms with Gasteiger partial charge in [-0.25, -0.2) is 4.39 Å². The SMILES string of the molecule is CC(C(=O)N1CCC(NC(=O)c2ccccc2F)CC1)N1CCc2ccccc2C1. The van der Waals surface area contributed by atoms with Crippen molar-refractivity contribution in [1.29, 1.82) is 0 Å². The van der Waals surface area contributed by atoms with Crippen LogP contribution in [-0.4, -0.2) is 53.3 Å². The fourth-order valence-corrected chi connectivity index (χ4v) is 4.42. The molecular formula is C24H28FN3O2. The zero-order chi connectivity index (χ0) is 21.1. The van der Waals surface area contributed by atoms with E-state index in [-0.39, 0.29) is 23.6 Å². The quantitative estimate of drug-likeness (QED) is 0.845. The topological polar surface area (TPSA) is 52.7 Å². The molecule has 2 aromatic rings. The van der Waals surface area contributed by atoms with Crippen LogP contribution in [0.2, 0.25) is 0 Å². The highest BCUT2D eigenvalue weighted by molar-refractivity contribution is 5.94. The summed E-state index contributed by atoms with van der Waals surface area (Å²) >= 11 is 0. The Morgan fingerprint density at radius 2 is 1.67 bits per heavy atom. The predicted molar refractivity (Wildman–Crippen MR) is 113 cm³/mol. The van der Waals surface area contributed by atoms with Crippen molar-refractivity contribution in [2.45, 2.75) is 44.8 Å². The standard InChI is InChI=1S/C24H28FN3O2/c1-17(28-13-10-18-6-2-3-7-19(18)16-28)24(30)27-14-11-20(12-15-27)26-23(29)21-8-4-5-9-22(21)25/h2-9,17,20H,10-16H2,1H3,(H,26,29). The number of nitrogens with one attached hydrogen (secondary N) is 1. The lowest BCUT2D eigenvalue weighted by Crippen LogP contribution is -2.53. The highest BCUT2D eigenvalue weighted by Crippen LogP contribution is 2.22. The highest BCUT2D eigenvalue weighted by Gasteiger charge is 2.31. The zero-order valence-corrected chi connectivity index (χ0v) is 17.3. The van der Waals surface area contributed by atoms with Gasteiger partial charge in [-0.05, 0) is 49.4 Å². The Morgan fingerprint density at radius 1 is 1.00 bits per heavy atom. The minimum absolute atomic E-state index is 0.0432. The molecule has 1 N–H and O–H groups in total. The average Bonchev–Trinajstić information content (AvgIpc) is 2.78. The lowest BCUT2D eigenvalue weighted by molar-refractivity contribution is -0.137. The van der Waals surface area contributed by atoms with Crippen molar-refractivity contribution < 1.29 is 14.0 Å². The molecule has 0 spiro atoms. The largest absolute Gasteiger partial charge is 0.349 e. The van der Waals surface area contributed by atoms with Gasteiger partial charge in [0.05, 0.1) is 11.6 Å². The first-order valence-corrected chi connectivity index (χ1v) is 10.7. The summed E-state index contributed by atoms with van der Waals surface area (Å²) < 4.78 is 13.8. The Morgan fingerprint density at radius 3 is 2.40 bits per heavy atom. The monoisotopic (exact) mass is 409 g/mol. The normalized spacial score (nSPS) is 18.5. The molecule has 1 saturated heterocycles. The van der Waals surface area contributed by atoms with E-state index >= 15 is 0 Å². The van der Waals surface area contributed by atoms with Crippen molar-refractivity contribution in [1.82, 2.24) is 15.1 Å². The number of nitrogens with zero attached hydrogens (tertiary/aromatic N) is 2. The molecule has 158 valence electrons. The van der Waals surface area contributed by atoms with Gasteiger partial charge < -0.3 is 10.2 Å². The number of piperidine rings is 1. The van der Waals surface area contributed by atoms with Gasteiger partial charge in [0.2, 0.25) is 5.91 Å². The summed E-state index contributed by atoms with van der Waals surface area (Å²) in [4.78, 5) is 29.5. The maximum Gasteiger partial charge on any atom is 0.254 e. The zero-order valence-electron chi connectivity index (χ0n) is 17.3. The lowest BCUT2D eigenvalue weighted by atomic mass is 9.98. The number of fused-ring (bicyclic) bond motifs is 1. The van der Waals surface area contributed by atoms with E-state index in [4.69, 9.17) is 0 Å². The second kappa shape index (κ2) is 8.96. The smallest absolute Gasteiger partial charge is 0.254 e. The first kappa shape index (κ1) is 20.5. The molecule has 0 radical (unpaired) electrons. The van der Waals surface area contributed by atoms with Crippen LogP contribution in [0, 0.1) is 5.82 Å². The van der Waals surface area contributed by atoms with Crippen LogP contribution >= 0.6 is 0 Å². The molecule has 2 aliphatic heterocycles. The van der Waals surface area contributed by atoms with Gasteiger partial charge in [-0.3, -0.25) is 14.5 Å². The third kappa shape index (κ3) is 4.38. The third-order valence-corrected chi connectivity index (χ3v) is 6.33. The summed E-state index contributed by atoms with van der Waals surface area (Å²) in [5, 5.41) is 2.91. The molecule has 5 nitrogen and oxygen atoms in total. The van der Waals surface area contributed by atoms with Crippen LogP contribution in [0.25, 0.3) is 0 Å². The van der Waals surface area contributed by atoms with Gasteiger partial charge in [-0.1, -0.05) is 36.4 Å². The third-order valence-electron chi connectivity index (χ3n) is 6.33. The average molecular weight is 410 g/mol. The van der Waals surface area contributed by atoms with Gasteiger partial charge in [0.1, 0.15) is 5.82 Å². The number of hydrogen-bond donors (Lipinski definition) is 1. The van der Waals surface area contributed by atoms with Crippen molar-refractivity contribution in [2.24, 2.45) is 0 Å². The number of rotatable bonds is 4. The number of likely N-dealkylation sites (tertiary alicyclic amines) is 1. The van der Waals surface area contributed by atoms with Crippen molar-refractivity contribution >= 4 is 11.8 Å². The molecule has 2 aliphatic rings. The van der Waals surface area contributed by atoms with E-state index in [1.807, 2.05) is 11.8 Å². The molecule has 2 heterocycles. The molecule has 2 amide bonds. The summed E-state index contributed by atoms with van der Waals surface area (Å²) in [5.41, 5.74) is 2.74. The van der Waals surface area contributed by atoms with Crippen LogP contribution in [0.15, 0.2) is 48.5 Å². The van der Waals surface area contributed by atoms with Crippen molar-refractivity contribution in [3.63, 3.8) is 0 Å². The van der Waals surface area contributed by atoms with Crippen molar-refractivity contribution in [3.05, 3.63) is 71.0 Å². The minimum Gasteiger partial charge on any atom is -0.349 e. The van der Waals surface area contributed by atoms with Gasteiger partial charge in [-0.2, -0.15) is 0 Å². The molecule has 0 bridgehead atoms. The molecule has 2 aromatic carbocycles. The molecule has 4 rings (SSSR count).